The first-order valence-corrected chi connectivity index (χ1v) is 4.15. The van der Waals surface area contributed by atoms with E-state index in [0.29, 0.717) is 0 Å². The quantitative estimate of drug-likeness (QED) is 0.530. The highest BCUT2D eigenvalue weighted by atomic mass is 16.5. The van der Waals surface area contributed by atoms with Crippen LogP contribution in [-0.4, -0.2) is 38.0 Å². The van der Waals surface area contributed by atoms with Crippen molar-refractivity contribution in [3.05, 3.63) is 0 Å². The van der Waals surface area contributed by atoms with Crippen molar-refractivity contribution in [2.45, 2.75) is 25.9 Å². The normalized spacial score (nSPS) is 13.4. The Kier molecular flexibility index (Phi) is 7.89. The molecule has 0 aliphatic heterocycles. The van der Waals surface area contributed by atoms with Gasteiger partial charge in [-0.2, -0.15) is 0 Å². The number of aliphatic hydroxyl groups excluding tert-OH is 1. The predicted octanol–water partition coefficient (Wildman–Crippen LogP) is 0.383. The summed E-state index contributed by atoms with van der Waals surface area (Å²) in [5.41, 5.74) is 0. The Hall–Kier alpha value is -0.120. The smallest absolute Gasteiger partial charge is 0.0587 e. The van der Waals surface area contributed by atoms with Gasteiger partial charge in [0.15, 0.2) is 0 Å². The Labute approximate surface area is 68.8 Å². The van der Waals surface area contributed by atoms with Crippen LogP contribution in [-0.2, 0) is 4.74 Å². The van der Waals surface area contributed by atoms with Crippen molar-refractivity contribution in [2.24, 2.45) is 0 Å². The van der Waals surface area contributed by atoms with Gasteiger partial charge in [0.2, 0.25) is 0 Å². The largest absolute Gasteiger partial charge is 0.393 e. The number of hydrogen-bond donors (Lipinski definition) is 2. The Bertz CT molecular complexity index is 76.5. The molecular formula is C8H19NO2. The molecule has 0 rings (SSSR count). The van der Waals surface area contributed by atoms with Crippen molar-refractivity contribution in [3.63, 3.8) is 0 Å². The molecule has 0 aliphatic carbocycles. The molecule has 0 radical (unpaired) electrons. The molecule has 1 atom stereocenters. The lowest BCUT2D eigenvalue weighted by Gasteiger charge is -2.04. The number of rotatable bonds is 7. The molecule has 0 aromatic heterocycles. The van der Waals surface area contributed by atoms with Crippen LogP contribution in [0, 0.1) is 0 Å². The third kappa shape index (κ3) is 9.88. The molecule has 68 valence electrons. The summed E-state index contributed by atoms with van der Waals surface area (Å²) in [5, 5.41) is 12.1. The highest BCUT2D eigenvalue weighted by Crippen LogP contribution is 1.92. The molecular weight excluding hydrogens is 142 g/mol. The predicted molar refractivity (Wildman–Crippen MR) is 45.7 cm³/mol. The topological polar surface area (TPSA) is 41.5 Å². The third-order valence-corrected chi connectivity index (χ3v) is 1.46. The molecule has 3 nitrogen and oxygen atoms in total. The van der Waals surface area contributed by atoms with Gasteiger partial charge in [0.25, 0.3) is 0 Å². The van der Waals surface area contributed by atoms with E-state index in [2.05, 4.69) is 5.32 Å². The van der Waals surface area contributed by atoms with Gasteiger partial charge in [0.1, 0.15) is 0 Å². The van der Waals surface area contributed by atoms with Crippen molar-refractivity contribution in [2.75, 3.05) is 26.8 Å². The molecule has 0 aromatic carbocycles. The molecule has 11 heavy (non-hydrogen) atoms. The average Bonchev–Trinajstić information content (AvgIpc) is 1.96. The van der Waals surface area contributed by atoms with E-state index in [1.807, 2.05) is 6.92 Å². The second kappa shape index (κ2) is 7.98. The Morgan fingerprint density at radius 2 is 2.18 bits per heavy atom. The van der Waals surface area contributed by atoms with Crippen molar-refractivity contribution in [3.8, 4) is 0 Å². The second-order valence-electron chi connectivity index (χ2n) is 2.73. The standard InChI is InChI=1S/C8H19NO2/c1-8(10)4-3-5-9-6-7-11-2/h8-10H,3-7H2,1-2H3. The Morgan fingerprint density at radius 3 is 2.73 bits per heavy atom. The molecule has 0 spiro atoms. The molecule has 3 heteroatoms. The second-order valence-corrected chi connectivity index (χ2v) is 2.73. The van der Waals surface area contributed by atoms with Crippen LogP contribution in [0.15, 0.2) is 0 Å². The molecule has 0 aromatic rings. The number of hydrogen-bond acceptors (Lipinski definition) is 3. The van der Waals surface area contributed by atoms with E-state index in [9.17, 15) is 0 Å². The van der Waals surface area contributed by atoms with E-state index in [-0.39, 0.29) is 6.10 Å². The molecule has 0 heterocycles. The summed E-state index contributed by atoms with van der Waals surface area (Å²) >= 11 is 0. The summed E-state index contributed by atoms with van der Waals surface area (Å²) in [6.07, 6.45) is 1.74. The van der Waals surface area contributed by atoms with Crippen LogP contribution in [0.2, 0.25) is 0 Å². The molecule has 1 unspecified atom stereocenters. The highest BCUT2D eigenvalue weighted by molar-refractivity contribution is 4.51. The van der Waals surface area contributed by atoms with Crippen LogP contribution in [0.1, 0.15) is 19.8 Å². The lowest BCUT2D eigenvalue weighted by atomic mass is 10.2. The van der Waals surface area contributed by atoms with Gasteiger partial charge in [0.05, 0.1) is 12.7 Å². The van der Waals surface area contributed by atoms with Crippen LogP contribution in [0.5, 0.6) is 0 Å². The van der Waals surface area contributed by atoms with Crippen molar-refractivity contribution in [1.29, 1.82) is 0 Å². The van der Waals surface area contributed by atoms with E-state index in [1.54, 1.807) is 7.11 Å². The molecule has 0 fully saturated rings. The average molecular weight is 161 g/mol. The third-order valence-electron chi connectivity index (χ3n) is 1.46. The van der Waals surface area contributed by atoms with Crippen LogP contribution < -0.4 is 5.32 Å². The lowest BCUT2D eigenvalue weighted by Crippen LogP contribution is -2.21. The fourth-order valence-corrected chi connectivity index (χ4v) is 0.822. The zero-order valence-electron chi connectivity index (χ0n) is 7.47. The van der Waals surface area contributed by atoms with E-state index >= 15 is 0 Å². The van der Waals surface area contributed by atoms with E-state index < -0.39 is 0 Å². The zero-order valence-corrected chi connectivity index (χ0v) is 7.47. The fourth-order valence-electron chi connectivity index (χ4n) is 0.822. The van der Waals surface area contributed by atoms with Gasteiger partial charge in [-0.1, -0.05) is 0 Å². The van der Waals surface area contributed by atoms with Crippen LogP contribution >= 0.6 is 0 Å². The highest BCUT2D eigenvalue weighted by Gasteiger charge is 1.93. The maximum Gasteiger partial charge on any atom is 0.0587 e. The minimum Gasteiger partial charge on any atom is -0.393 e. The number of nitrogens with one attached hydrogen (secondary N) is 1. The van der Waals surface area contributed by atoms with Gasteiger partial charge in [-0.25, -0.2) is 0 Å². The molecule has 0 saturated carbocycles. The van der Waals surface area contributed by atoms with Crippen molar-refractivity contribution < 1.29 is 9.84 Å². The zero-order chi connectivity index (χ0) is 8.53. The van der Waals surface area contributed by atoms with Gasteiger partial charge in [-0.05, 0) is 26.3 Å². The summed E-state index contributed by atoms with van der Waals surface area (Å²) in [4.78, 5) is 0. The van der Waals surface area contributed by atoms with Gasteiger partial charge in [-0.3, -0.25) is 0 Å². The minimum atomic E-state index is -0.167. The van der Waals surface area contributed by atoms with Gasteiger partial charge in [-0.15, -0.1) is 0 Å². The van der Waals surface area contributed by atoms with E-state index in [1.165, 1.54) is 0 Å². The number of ether oxygens (including phenoxy) is 1. The molecule has 0 aliphatic rings. The van der Waals surface area contributed by atoms with Gasteiger partial charge < -0.3 is 15.2 Å². The van der Waals surface area contributed by atoms with Gasteiger partial charge in [0, 0.05) is 13.7 Å². The lowest BCUT2D eigenvalue weighted by molar-refractivity contribution is 0.179. The molecule has 0 amide bonds. The van der Waals surface area contributed by atoms with E-state index in [0.717, 1.165) is 32.5 Å². The summed E-state index contributed by atoms with van der Waals surface area (Å²) in [6, 6.07) is 0. The van der Waals surface area contributed by atoms with Crippen LogP contribution in [0.3, 0.4) is 0 Å². The van der Waals surface area contributed by atoms with Gasteiger partial charge >= 0.3 is 0 Å². The molecule has 2 N–H and O–H groups in total. The number of methoxy groups -OCH3 is 1. The first kappa shape index (κ1) is 10.9. The maximum absolute atomic E-state index is 8.90. The monoisotopic (exact) mass is 161 g/mol. The minimum absolute atomic E-state index is 0.167. The number of aliphatic hydroxyl groups is 1. The van der Waals surface area contributed by atoms with Crippen molar-refractivity contribution >= 4 is 0 Å². The first-order valence-electron chi connectivity index (χ1n) is 4.15. The van der Waals surface area contributed by atoms with E-state index in [4.69, 9.17) is 9.84 Å². The van der Waals surface area contributed by atoms with Crippen molar-refractivity contribution in [1.82, 2.24) is 5.32 Å². The Balaban J connectivity index is 2.80. The summed E-state index contributed by atoms with van der Waals surface area (Å²) in [6.45, 7) is 4.44. The summed E-state index contributed by atoms with van der Waals surface area (Å²) < 4.78 is 4.86. The molecule has 0 bridgehead atoms. The SMILES string of the molecule is COCCNCCCC(C)O. The fraction of sp³-hybridized carbons (Fsp3) is 1.00. The summed E-state index contributed by atoms with van der Waals surface area (Å²) in [7, 11) is 1.69. The Morgan fingerprint density at radius 1 is 1.45 bits per heavy atom. The summed E-state index contributed by atoms with van der Waals surface area (Å²) in [5.74, 6) is 0. The van der Waals surface area contributed by atoms with Crippen LogP contribution in [0.4, 0.5) is 0 Å². The maximum atomic E-state index is 8.90. The first-order chi connectivity index (χ1) is 5.27. The molecule has 0 saturated heterocycles. The van der Waals surface area contributed by atoms with Crippen LogP contribution in [0.25, 0.3) is 0 Å².